The molecule has 1 atom stereocenters. The molecule has 2 fully saturated rings. The molecule has 0 amide bonds. The van der Waals surface area contributed by atoms with E-state index in [1.54, 1.807) is 0 Å². The van der Waals surface area contributed by atoms with Crippen molar-refractivity contribution in [3.8, 4) is 0 Å². The molecule has 6 heteroatoms. The number of likely N-dealkylation sites (tertiary alicyclic amines) is 1. The van der Waals surface area contributed by atoms with Crippen molar-refractivity contribution in [1.29, 1.82) is 0 Å². The van der Waals surface area contributed by atoms with Crippen LogP contribution in [0.25, 0.3) is 21.3 Å². The molecule has 2 aliphatic heterocycles. The van der Waals surface area contributed by atoms with Gasteiger partial charge in [-0.3, -0.25) is 4.90 Å². The second-order valence-corrected chi connectivity index (χ2v) is 9.61. The summed E-state index contributed by atoms with van der Waals surface area (Å²) in [5, 5.41) is 1.37. The summed E-state index contributed by atoms with van der Waals surface area (Å²) in [6.45, 7) is 4.11. The van der Waals surface area contributed by atoms with Crippen molar-refractivity contribution < 1.29 is 4.74 Å². The molecule has 2 saturated heterocycles. The van der Waals surface area contributed by atoms with Gasteiger partial charge in [0.05, 0.1) is 0 Å². The molecule has 154 valence electrons. The molecule has 2 aliphatic rings. The smallest absolute Gasteiger partial charge is 0.160 e. The Morgan fingerprint density at radius 1 is 1.07 bits per heavy atom. The van der Waals surface area contributed by atoms with Crippen LogP contribution in [0.15, 0.2) is 48.7 Å². The average molecular weight is 419 g/mol. The molecule has 0 saturated carbocycles. The Bertz CT molecular complexity index is 1140. The van der Waals surface area contributed by atoms with Gasteiger partial charge in [0.25, 0.3) is 0 Å². The maximum atomic E-state index is 6.01. The third kappa shape index (κ3) is 3.33. The van der Waals surface area contributed by atoms with E-state index < -0.39 is 0 Å². The van der Waals surface area contributed by atoms with Gasteiger partial charge >= 0.3 is 0 Å². The first-order valence-corrected chi connectivity index (χ1v) is 11.8. The van der Waals surface area contributed by atoms with Gasteiger partial charge in [-0.2, -0.15) is 0 Å². The van der Waals surface area contributed by atoms with E-state index in [0.29, 0.717) is 6.04 Å². The number of thiophene rings is 1. The number of rotatable bonds is 4. The molecular formula is C24H26N4OS. The van der Waals surface area contributed by atoms with E-state index in [9.17, 15) is 0 Å². The van der Waals surface area contributed by atoms with E-state index in [0.717, 1.165) is 68.9 Å². The molecular weight excluding hydrogens is 392 g/mol. The maximum Gasteiger partial charge on any atom is 0.160 e. The highest BCUT2D eigenvalue weighted by atomic mass is 32.1. The van der Waals surface area contributed by atoms with Crippen molar-refractivity contribution in [3.05, 3.63) is 59.4 Å². The van der Waals surface area contributed by atoms with Gasteiger partial charge in [0.15, 0.2) is 5.65 Å². The van der Waals surface area contributed by atoms with Crippen molar-refractivity contribution in [3.63, 3.8) is 0 Å². The lowest BCUT2D eigenvalue weighted by molar-refractivity contribution is 0.0971. The third-order valence-electron chi connectivity index (χ3n) is 6.47. The first-order chi connectivity index (χ1) is 14.8. The standard InChI is InChI=1S/C24H26N4OS/c1-2-8-22-17(5-1)15-19(30-22)16-27-12-9-18(10-13-27)28-23-20(6-3-11-25-23)26-24(28)21-7-4-14-29-21/h1-3,5-6,8,11,15,18,21H,4,7,9-10,12-14,16H2/t21-/m0/s1. The fraction of sp³-hybridized carbons (Fsp3) is 0.417. The highest BCUT2D eigenvalue weighted by molar-refractivity contribution is 7.19. The van der Waals surface area contributed by atoms with Gasteiger partial charge in [-0.25, -0.2) is 9.97 Å². The number of pyridine rings is 1. The minimum Gasteiger partial charge on any atom is -0.370 e. The van der Waals surface area contributed by atoms with Crippen LogP contribution in [0.4, 0.5) is 0 Å². The molecule has 0 aliphatic carbocycles. The summed E-state index contributed by atoms with van der Waals surface area (Å²) in [6, 6.07) is 15.5. The molecule has 0 radical (unpaired) electrons. The first-order valence-electron chi connectivity index (χ1n) is 11.0. The van der Waals surface area contributed by atoms with Crippen LogP contribution >= 0.6 is 11.3 Å². The Balaban J connectivity index is 1.21. The predicted molar refractivity (Wildman–Crippen MR) is 121 cm³/mol. The molecule has 0 spiro atoms. The zero-order chi connectivity index (χ0) is 19.9. The molecule has 5 heterocycles. The topological polar surface area (TPSA) is 43.2 Å². The highest BCUT2D eigenvalue weighted by Gasteiger charge is 2.30. The van der Waals surface area contributed by atoms with Crippen LogP contribution in [0, 0.1) is 0 Å². The molecule has 4 aromatic rings. The molecule has 3 aromatic heterocycles. The van der Waals surface area contributed by atoms with E-state index in [1.165, 1.54) is 15.0 Å². The number of fused-ring (bicyclic) bond motifs is 2. The van der Waals surface area contributed by atoms with Gasteiger partial charge in [0, 0.05) is 48.1 Å². The molecule has 0 unspecified atom stereocenters. The number of imidazole rings is 1. The molecule has 1 aromatic carbocycles. The zero-order valence-corrected chi connectivity index (χ0v) is 17.9. The number of hydrogen-bond acceptors (Lipinski definition) is 5. The summed E-state index contributed by atoms with van der Waals surface area (Å²) in [6.07, 6.45) is 6.45. The largest absolute Gasteiger partial charge is 0.370 e. The molecule has 0 N–H and O–H groups in total. The summed E-state index contributed by atoms with van der Waals surface area (Å²) in [4.78, 5) is 13.7. The van der Waals surface area contributed by atoms with Crippen LogP contribution < -0.4 is 0 Å². The Morgan fingerprint density at radius 2 is 1.97 bits per heavy atom. The summed E-state index contributed by atoms with van der Waals surface area (Å²) in [5.74, 6) is 1.09. The average Bonchev–Trinajstić information content (AvgIpc) is 3.51. The summed E-state index contributed by atoms with van der Waals surface area (Å²) in [5.41, 5.74) is 2.02. The van der Waals surface area contributed by atoms with Crippen molar-refractivity contribution >= 4 is 32.6 Å². The summed E-state index contributed by atoms with van der Waals surface area (Å²) >= 11 is 1.93. The van der Waals surface area contributed by atoms with Crippen LogP contribution in [0.2, 0.25) is 0 Å². The Labute approximate surface area is 180 Å². The number of hydrogen-bond donors (Lipinski definition) is 0. The molecule has 30 heavy (non-hydrogen) atoms. The minimum absolute atomic E-state index is 0.121. The van der Waals surface area contributed by atoms with Gasteiger partial charge in [-0.15, -0.1) is 11.3 Å². The van der Waals surface area contributed by atoms with E-state index in [4.69, 9.17) is 14.7 Å². The van der Waals surface area contributed by atoms with Gasteiger partial charge in [-0.05, 0) is 55.3 Å². The molecule has 6 rings (SSSR count). The quantitative estimate of drug-likeness (QED) is 0.449. The maximum absolute atomic E-state index is 6.01. The third-order valence-corrected chi connectivity index (χ3v) is 7.57. The Hall–Kier alpha value is -2.28. The number of aromatic nitrogens is 3. The number of ether oxygens (including phenoxy) is 1. The predicted octanol–water partition coefficient (Wildman–Crippen LogP) is 5.33. The van der Waals surface area contributed by atoms with E-state index >= 15 is 0 Å². The van der Waals surface area contributed by atoms with Crippen molar-refractivity contribution in [2.75, 3.05) is 19.7 Å². The fourth-order valence-electron chi connectivity index (χ4n) is 4.99. The van der Waals surface area contributed by atoms with Gasteiger partial charge < -0.3 is 9.30 Å². The lowest BCUT2D eigenvalue weighted by Gasteiger charge is -2.33. The van der Waals surface area contributed by atoms with Gasteiger partial charge in [0.1, 0.15) is 17.4 Å². The second kappa shape index (κ2) is 7.76. The van der Waals surface area contributed by atoms with E-state index in [-0.39, 0.29) is 6.10 Å². The monoisotopic (exact) mass is 418 g/mol. The summed E-state index contributed by atoms with van der Waals surface area (Å²) < 4.78 is 9.80. The van der Waals surface area contributed by atoms with Crippen LogP contribution in [-0.4, -0.2) is 39.1 Å². The number of piperidine rings is 1. The normalized spacial score (nSPS) is 21.1. The van der Waals surface area contributed by atoms with E-state index in [1.807, 2.05) is 23.6 Å². The molecule has 5 nitrogen and oxygen atoms in total. The van der Waals surface area contributed by atoms with E-state index in [2.05, 4.69) is 45.9 Å². The molecule has 0 bridgehead atoms. The van der Waals surface area contributed by atoms with Crippen LogP contribution in [0.5, 0.6) is 0 Å². The summed E-state index contributed by atoms with van der Waals surface area (Å²) in [7, 11) is 0. The van der Waals surface area contributed by atoms with Crippen molar-refractivity contribution in [2.45, 2.75) is 44.4 Å². The van der Waals surface area contributed by atoms with Gasteiger partial charge in [-0.1, -0.05) is 18.2 Å². The van der Waals surface area contributed by atoms with Crippen LogP contribution in [-0.2, 0) is 11.3 Å². The Morgan fingerprint density at radius 3 is 2.80 bits per heavy atom. The lowest BCUT2D eigenvalue weighted by Crippen LogP contribution is -2.34. The van der Waals surface area contributed by atoms with Crippen LogP contribution in [0.3, 0.4) is 0 Å². The van der Waals surface area contributed by atoms with Crippen molar-refractivity contribution in [1.82, 2.24) is 19.4 Å². The number of nitrogens with zero attached hydrogens (tertiary/aromatic N) is 4. The Kier molecular flexibility index (Phi) is 4.78. The van der Waals surface area contributed by atoms with Crippen LogP contribution in [0.1, 0.15) is 48.5 Å². The SMILES string of the molecule is c1ccc2sc(CN3CCC(n4c([C@@H]5CCCO5)nc5cccnc54)CC3)cc2c1. The lowest BCUT2D eigenvalue weighted by atomic mass is 10.0. The highest BCUT2D eigenvalue weighted by Crippen LogP contribution is 2.36. The van der Waals surface area contributed by atoms with Crippen molar-refractivity contribution in [2.24, 2.45) is 0 Å². The number of benzene rings is 1. The zero-order valence-electron chi connectivity index (χ0n) is 17.0. The first kappa shape index (κ1) is 18.5. The minimum atomic E-state index is 0.121. The van der Waals surface area contributed by atoms with Gasteiger partial charge in [0.2, 0.25) is 0 Å². The second-order valence-electron chi connectivity index (χ2n) is 8.45. The fourth-order valence-corrected chi connectivity index (χ4v) is 6.09.